The molecule has 1 amide bonds. The van der Waals surface area contributed by atoms with Gasteiger partial charge in [-0.15, -0.1) is 12.4 Å². The third kappa shape index (κ3) is 11.3. The number of halogens is 2. The van der Waals surface area contributed by atoms with Gasteiger partial charge in [-0.25, -0.2) is 4.98 Å². The van der Waals surface area contributed by atoms with Crippen molar-refractivity contribution in [2.45, 2.75) is 33.4 Å². The Kier molecular flexibility index (Phi) is 14.0. The number of carbonyl (C=O) groups is 1. The lowest BCUT2D eigenvalue weighted by atomic mass is 10.1. The van der Waals surface area contributed by atoms with E-state index in [-0.39, 0.29) is 30.6 Å². The molecule has 1 fully saturated rings. The molecule has 1 aliphatic rings. The van der Waals surface area contributed by atoms with E-state index in [1.165, 1.54) is 35.0 Å². The average Bonchev–Trinajstić information content (AvgIpc) is 3.17. The molecule has 280 valence electrons. The van der Waals surface area contributed by atoms with Crippen molar-refractivity contribution < 1.29 is 23.9 Å². The molecule has 0 unspecified atom stereocenters. The third-order valence-corrected chi connectivity index (χ3v) is 9.21. The van der Waals surface area contributed by atoms with Crippen molar-refractivity contribution in [1.29, 1.82) is 0 Å². The fraction of sp³-hybridized carbons (Fsp3) is 0.238. The number of hydrogen-bond acceptors (Lipinski definition) is 8. The lowest BCUT2D eigenvalue weighted by Gasteiger charge is -2.34. The van der Waals surface area contributed by atoms with Gasteiger partial charge in [0.05, 0.1) is 22.7 Å². The van der Waals surface area contributed by atoms with Gasteiger partial charge in [0.15, 0.2) is 5.75 Å². The van der Waals surface area contributed by atoms with Crippen molar-refractivity contribution in [3.05, 3.63) is 158 Å². The quantitative estimate of drug-likeness (QED) is 0.0626. The minimum Gasteiger partial charge on any atom is -0.493 e. The molecule has 12 heteroatoms. The normalized spacial score (nSPS) is 13.0. The molecular formula is C42H42Cl2N4O6. The van der Waals surface area contributed by atoms with Crippen molar-refractivity contribution >= 4 is 41.7 Å². The standard InChI is InChI=1S/C42H41ClN4O6.ClH/c1-30-3-14-37(15-4-30)51-24-19-32-5-7-33(8-6-32)28-45-20-22-46(23-21-45)41(48)18-11-35-25-31(2)42(39(43)26-35)53-40-17-16-38(27-44-40)52-29-34-9-12-36(13-10-34)47(49)50;/h3-18,25-27H,19-24,28-29H2,1-2H3;1H. The van der Waals surface area contributed by atoms with E-state index in [1.807, 2.05) is 30.0 Å². The van der Waals surface area contributed by atoms with Crippen LogP contribution in [0.3, 0.4) is 0 Å². The number of nitrogens with zero attached hydrogens (tertiary/aromatic N) is 4. The second-order valence-corrected chi connectivity index (χ2v) is 13.4. The fourth-order valence-corrected chi connectivity index (χ4v) is 6.18. The number of nitro benzene ring substituents is 1. The number of rotatable bonds is 14. The Bertz CT molecular complexity index is 2010. The summed E-state index contributed by atoms with van der Waals surface area (Å²) in [6, 6.07) is 30.1. The van der Waals surface area contributed by atoms with Crippen LogP contribution in [0.2, 0.25) is 5.02 Å². The highest BCUT2D eigenvalue weighted by atomic mass is 35.5. The summed E-state index contributed by atoms with van der Waals surface area (Å²) in [5.41, 5.74) is 6.13. The summed E-state index contributed by atoms with van der Waals surface area (Å²) in [7, 11) is 0. The average molecular weight is 770 g/mol. The Labute approximate surface area is 326 Å². The maximum absolute atomic E-state index is 13.0. The number of pyridine rings is 1. The summed E-state index contributed by atoms with van der Waals surface area (Å²) in [6.07, 6.45) is 5.76. The molecule has 0 N–H and O–H groups in total. The molecule has 5 aromatic rings. The van der Waals surface area contributed by atoms with Crippen molar-refractivity contribution in [2.24, 2.45) is 0 Å². The van der Waals surface area contributed by atoms with Gasteiger partial charge in [0.2, 0.25) is 11.8 Å². The summed E-state index contributed by atoms with van der Waals surface area (Å²) in [4.78, 5) is 32.0. The van der Waals surface area contributed by atoms with Crippen molar-refractivity contribution in [3.63, 3.8) is 0 Å². The SMILES string of the molecule is Cc1ccc(OCCc2ccc(CN3CCN(C(=O)C=Cc4cc(C)c(Oc5ccc(OCc6ccc([N+](=O)[O-])cc6)cn5)c(Cl)c4)CC3)cc2)cc1.Cl. The number of amides is 1. The number of nitro groups is 1. The van der Waals surface area contributed by atoms with Crippen LogP contribution < -0.4 is 14.2 Å². The molecule has 10 nitrogen and oxygen atoms in total. The van der Waals surface area contributed by atoms with E-state index < -0.39 is 4.92 Å². The summed E-state index contributed by atoms with van der Waals surface area (Å²) >= 11 is 6.61. The molecule has 1 saturated heterocycles. The van der Waals surface area contributed by atoms with Crippen molar-refractivity contribution in [3.8, 4) is 23.1 Å². The highest BCUT2D eigenvalue weighted by Gasteiger charge is 2.20. The second-order valence-electron chi connectivity index (χ2n) is 13.0. The summed E-state index contributed by atoms with van der Waals surface area (Å²) < 4.78 is 17.6. The van der Waals surface area contributed by atoms with E-state index in [0.717, 1.165) is 48.5 Å². The third-order valence-electron chi connectivity index (χ3n) is 8.93. The number of ether oxygens (including phenoxy) is 3. The van der Waals surface area contributed by atoms with Gasteiger partial charge in [-0.3, -0.25) is 19.8 Å². The number of aromatic nitrogens is 1. The lowest BCUT2D eigenvalue weighted by Crippen LogP contribution is -2.47. The predicted octanol–water partition coefficient (Wildman–Crippen LogP) is 9.03. The van der Waals surface area contributed by atoms with Crippen LogP contribution in [0.25, 0.3) is 6.08 Å². The monoisotopic (exact) mass is 768 g/mol. The van der Waals surface area contributed by atoms with E-state index in [9.17, 15) is 14.9 Å². The Morgan fingerprint density at radius 2 is 1.52 bits per heavy atom. The zero-order valence-electron chi connectivity index (χ0n) is 30.2. The first-order valence-electron chi connectivity index (χ1n) is 17.5. The first-order valence-corrected chi connectivity index (χ1v) is 17.8. The van der Waals surface area contributed by atoms with Crippen LogP contribution in [-0.4, -0.2) is 58.4 Å². The van der Waals surface area contributed by atoms with Gasteiger partial charge in [-0.1, -0.05) is 53.6 Å². The van der Waals surface area contributed by atoms with Crippen LogP contribution in [0.1, 0.15) is 33.4 Å². The number of hydrogen-bond donors (Lipinski definition) is 0. The molecule has 0 atom stereocenters. The summed E-state index contributed by atoms with van der Waals surface area (Å²) in [5, 5.41) is 11.2. The summed E-state index contributed by atoms with van der Waals surface area (Å²) in [6.45, 7) is 8.62. The topological polar surface area (TPSA) is 107 Å². The van der Waals surface area contributed by atoms with Crippen molar-refractivity contribution in [2.75, 3.05) is 32.8 Å². The smallest absolute Gasteiger partial charge is 0.269 e. The second kappa shape index (κ2) is 19.1. The number of piperazine rings is 1. The van der Waals surface area contributed by atoms with E-state index in [2.05, 4.69) is 53.2 Å². The van der Waals surface area contributed by atoms with Gasteiger partial charge in [-0.2, -0.15) is 0 Å². The lowest BCUT2D eigenvalue weighted by molar-refractivity contribution is -0.384. The molecule has 54 heavy (non-hydrogen) atoms. The van der Waals surface area contributed by atoms with Crippen LogP contribution in [0.4, 0.5) is 5.69 Å². The molecular weight excluding hydrogens is 727 g/mol. The number of carbonyl (C=O) groups excluding carboxylic acids is 1. The summed E-state index contributed by atoms with van der Waals surface area (Å²) in [5.74, 6) is 2.20. The zero-order chi connectivity index (χ0) is 37.2. The predicted molar refractivity (Wildman–Crippen MR) is 213 cm³/mol. The van der Waals surface area contributed by atoms with Crippen LogP contribution in [0.15, 0.2) is 109 Å². The number of benzene rings is 4. The Balaban J connectivity index is 0.00000561. The molecule has 1 aliphatic heterocycles. The molecule has 2 heterocycles. The minimum atomic E-state index is -0.440. The molecule has 4 aromatic carbocycles. The molecule has 0 spiro atoms. The molecule has 0 aliphatic carbocycles. The van der Waals surface area contributed by atoms with Crippen molar-refractivity contribution in [1.82, 2.24) is 14.8 Å². The van der Waals surface area contributed by atoms with E-state index in [1.54, 1.807) is 42.5 Å². The van der Waals surface area contributed by atoms with Crippen LogP contribution in [0, 0.1) is 24.0 Å². The van der Waals surface area contributed by atoms with E-state index >= 15 is 0 Å². The Morgan fingerprint density at radius 1 is 0.852 bits per heavy atom. The van der Waals surface area contributed by atoms with Gasteiger partial charge in [-0.05, 0) is 90.2 Å². The van der Waals surface area contributed by atoms with E-state index in [4.69, 9.17) is 25.8 Å². The molecule has 0 saturated carbocycles. The van der Waals surface area contributed by atoms with Gasteiger partial charge in [0, 0.05) is 63.4 Å². The van der Waals surface area contributed by atoms with E-state index in [0.29, 0.717) is 42.1 Å². The van der Waals surface area contributed by atoms with Gasteiger partial charge >= 0.3 is 0 Å². The molecule has 0 radical (unpaired) electrons. The Morgan fingerprint density at radius 3 is 2.17 bits per heavy atom. The first kappa shape index (κ1) is 39.8. The van der Waals surface area contributed by atoms with Gasteiger partial charge < -0.3 is 19.1 Å². The molecule has 6 rings (SSSR count). The Hall–Kier alpha value is -5.42. The minimum absolute atomic E-state index is 0. The highest BCUT2D eigenvalue weighted by molar-refractivity contribution is 6.32. The molecule has 1 aromatic heterocycles. The van der Waals surface area contributed by atoms with Gasteiger partial charge in [0.25, 0.3) is 5.69 Å². The molecule has 0 bridgehead atoms. The number of non-ortho nitro benzene ring substituents is 1. The fourth-order valence-electron chi connectivity index (χ4n) is 5.87. The largest absolute Gasteiger partial charge is 0.493 e. The van der Waals surface area contributed by atoms with Crippen LogP contribution in [0.5, 0.6) is 23.1 Å². The first-order chi connectivity index (χ1) is 25.7. The van der Waals surface area contributed by atoms with Crippen LogP contribution in [-0.2, 0) is 24.4 Å². The maximum Gasteiger partial charge on any atom is 0.269 e. The highest BCUT2D eigenvalue weighted by Crippen LogP contribution is 2.34. The zero-order valence-corrected chi connectivity index (χ0v) is 31.7. The number of aryl methyl sites for hydroxylation is 2. The van der Waals surface area contributed by atoms with Crippen LogP contribution >= 0.6 is 24.0 Å². The van der Waals surface area contributed by atoms with Gasteiger partial charge in [0.1, 0.15) is 18.1 Å². The maximum atomic E-state index is 13.0.